The molecule has 3 N–H and O–H groups in total. The molecule has 164 valence electrons. The predicted octanol–water partition coefficient (Wildman–Crippen LogP) is 5.48. The summed E-state index contributed by atoms with van der Waals surface area (Å²) < 4.78 is 11.2. The van der Waals surface area contributed by atoms with E-state index in [-0.39, 0.29) is 56.9 Å². The molecule has 0 spiro atoms. The molecule has 2 aromatic carbocycles. The minimum absolute atomic E-state index is 0.00551. The van der Waals surface area contributed by atoms with Gasteiger partial charge in [-0.15, -0.1) is 0 Å². The topological polar surface area (TPSA) is 100 Å². The molecule has 0 saturated heterocycles. The van der Waals surface area contributed by atoms with Crippen molar-refractivity contribution >= 4 is 21.9 Å². The van der Waals surface area contributed by atoms with E-state index in [2.05, 4.69) is 0 Å². The fourth-order valence-corrected chi connectivity index (χ4v) is 3.57. The Bertz CT molecular complexity index is 1270. The van der Waals surface area contributed by atoms with Gasteiger partial charge in [-0.1, -0.05) is 30.2 Å². The van der Waals surface area contributed by atoms with E-state index in [4.69, 9.17) is 9.15 Å². The van der Waals surface area contributed by atoms with Gasteiger partial charge in [0.15, 0.2) is 11.5 Å². The summed E-state index contributed by atoms with van der Waals surface area (Å²) in [7, 11) is 1.42. The molecule has 3 aromatic rings. The number of rotatable bonds is 6. The third kappa shape index (κ3) is 4.10. The van der Waals surface area contributed by atoms with Crippen LogP contribution in [0, 0.1) is 0 Å². The van der Waals surface area contributed by atoms with Gasteiger partial charge in [0, 0.05) is 23.3 Å². The van der Waals surface area contributed by atoms with Gasteiger partial charge in [0.1, 0.15) is 28.1 Å². The summed E-state index contributed by atoms with van der Waals surface area (Å²) in [5.41, 5.74) is 2.65. The lowest BCUT2D eigenvalue weighted by atomic mass is 9.98. The second-order valence-electron chi connectivity index (χ2n) is 7.90. The van der Waals surface area contributed by atoms with Crippen molar-refractivity contribution in [2.45, 2.75) is 47.0 Å². The minimum Gasteiger partial charge on any atom is -0.507 e. The molecule has 6 nitrogen and oxygen atoms in total. The number of allylic oxidation sites excluding steroid dienone is 4. The van der Waals surface area contributed by atoms with Crippen LogP contribution in [-0.4, -0.2) is 22.4 Å². The number of aromatic hydroxyl groups is 3. The van der Waals surface area contributed by atoms with Crippen molar-refractivity contribution in [3.05, 3.63) is 56.8 Å². The third-order valence-electron chi connectivity index (χ3n) is 5.47. The summed E-state index contributed by atoms with van der Waals surface area (Å²) in [5.74, 6) is -0.419. The third-order valence-corrected chi connectivity index (χ3v) is 5.47. The minimum atomic E-state index is -0.443. The fraction of sp³-hybridized carbons (Fsp3) is 0.320. The number of methoxy groups -OCH3 is 1. The Labute approximate surface area is 180 Å². The Morgan fingerprint density at radius 3 is 2.19 bits per heavy atom. The van der Waals surface area contributed by atoms with E-state index < -0.39 is 5.43 Å². The number of hydrogen-bond donors (Lipinski definition) is 3. The summed E-state index contributed by atoms with van der Waals surface area (Å²) in [6, 6.07) is 2.65. The molecule has 0 saturated carbocycles. The van der Waals surface area contributed by atoms with Crippen LogP contribution in [0.5, 0.6) is 23.0 Å². The van der Waals surface area contributed by atoms with E-state index in [9.17, 15) is 20.1 Å². The maximum atomic E-state index is 13.5. The Morgan fingerprint density at radius 1 is 0.968 bits per heavy atom. The smallest absolute Gasteiger partial charge is 0.204 e. The molecule has 3 rings (SSSR count). The Kier molecular flexibility index (Phi) is 6.29. The van der Waals surface area contributed by atoms with E-state index >= 15 is 0 Å². The van der Waals surface area contributed by atoms with Crippen molar-refractivity contribution in [3.63, 3.8) is 0 Å². The van der Waals surface area contributed by atoms with Crippen molar-refractivity contribution in [2.75, 3.05) is 7.11 Å². The van der Waals surface area contributed by atoms with Crippen LogP contribution in [0.25, 0.3) is 21.9 Å². The molecule has 0 aliphatic carbocycles. The molecule has 0 radical (unpaired) electrons. The standard InChI is InChI=1S/C25H28O6/c1-6-14(4)8-10-15-17(26)11-20-22(23(15)28)24(29)21-16(9-7-13(2)3)25(30-5)18(27)12-19(21)31-20/h7-8,11-12,26-28H,6,9-10H2,1-5H3/b14-8+. The summed E-state index contributed by atoms with van der Waals surface area (Å²) in [6.45, 7) is 7.85. The number of ether oxygens (including phenoxy) is 1. The van der Waals surface area contributed by atoms with Gasteiger partial charge < -0.3 is 24.5 Å². The zero-order valence-electron chi connectivity index (χ0n) is 18.5. The van der Waals surface area contributed by atoms with Gasteiger partial charge in [0.25, 0.3) is 0 Å². The van der Waals surface area contributed by atoms with E-state index in [0.29, 0.717) is 12.0 Å². The summed E-state index contributed by atoms with van der Waals surface area (Å²) in [5, 5.41) is 32.0. The molecule has 0 aliphatic heterocycles. The Balaban J connectivity index is 2.41. The Hall–Kier alpha value is -3.41. The molecular formula is C25H28O6. The normalized spacial score (nSPS) is 11.8. The molecule has 0 unspecified atom stereocenters. The molecule has 31 heavy (non-hydrogen) atoms. The van der Waals surface area contributed by atoms with Crippen LogP contribution in [0.3, 0.4) is 0 Å². The average molecular weight is 424 g/mol. The van der Waals surface area contributed by atoms with E-state index in [1.165, 1.54) is 19.2 Å². The van der Waals surface area contributed by atoms with Gasteiger partial charge in [-0.25, -0.2) is 0 Å². The van der Waals surface area contributed by atoms with Crippen molar-refractivity contribution in [1.29, 1.82) is 0 Å². The van der Waals surface area contributed by atoms with E-state index in [1.54, 1.807) is 0 Å². The van der Waals surface area contributed by atoms with Gasteiger partial charge in [-0.05, 0) is 40.0 Å². The van der Waals surface area contributed by atoms with Crippen molar-refractivity contribution in [1.82, 2.24) is 0 Å². The zero-order valence-corrected chi connectivity index (χ0v) is 18.5. The molecule has 0 fully saturated rings. The number of fused-ring (bicyclic) bond motifs is 2. The molecule has 0 atom stereocenters. The van der Waals surface area contributed by atoms with Gasteiger partial charge >= 0.3 is 0 Å². The molecule has 1 heterocycles. The molecule has 0 bridgehead atoms. The lowest BCUT2D eigenvalue weighted by molar-refractivity contribution is 0.370. The lowest BCUT2D eigenvalue weighted by Crippen LogP contribution is -2.08. The molecule has 0 amide bonds. The zero-order chi connectivity index (χ0) is 22.9. The van der Waals surface area contributed by atoms with Gasteiger partial charge in [-0.2, -0.15) is 0 Å². The van der Waals surface area contributed by atoms with Gasteiger partial charge in [-0.3, -0.25) is 4.79 Å². The molecule has 0 aliphatic rings. The second kappa shape index (κ2) is 8.76. The monoisotopic (exact) mass is 424 g/mol. The maximum Gasteiger partial charge on any atom is 0.204 e. The number of phenolic OH excluding ortho intramolecular Hbond substituents is 3. The van der Waals surface area contributed by atoms with E-state index in [1.807, 2.05) is 39.8 Å². The van der Waals surface area contributed by atoms with Crippen LogP contribution in [0.4, 0.5) is 0 Å². The number of phenols is 3. The number of benzene rings is 2. The van der Waals surface area contributed by atoms with Crippen molar-refractivity contribution < 1.29 is 24.5 Å². The Morgan fingerprint density at radius 2 is 1.58 bits per heavy atom. The highest BCUT2D eigenvalue weighted by molar-refractivity contribution is 5.97. The molecular weight excluding hydrogens is 396 g/mol. The van der Waals surface area contributed by atoms with Crippen LogP contribution in [0.1, 0.15) is 45.2 Å². The first-order valence-electron chi connectivity index (χ1n) is 10.2. The van der Waals surface area contributed by atoms with Crippen molar-refractivity contribution in [2.24, 2.45) is 0 Å². The highest BCUT2D eigenvalue weighted by atomic mass is 16.5. The van der Waals surface area contributed by atoms with Crippen LogP contribution in [-0.2, 0) is 12.8 Å². The molecule has 1 aromatic heterocycles. The summed E-state index contributed by atoms with van der Waals surface area (Å²) >= 11 is 0. The molecule has 6 heteroatoms. The SMILES string of the molecule is CC/C(C)=C/Cc1c(O)cc2oc3cc(O)c(OC)c(CC=C(C)C)c3c(=O)c2c1O. The van der Waals surface area contributed by atoms with Gasteiger partial charge in [0.05, 0.1) is 12.5 Å². The predicted molar refractivity (Wildman–Crippen MR) is 122 cm³/mol. The summed E-state index contributed by atoms with van der Waals surface area (Å²) in [4.78, 5) is 13.5. The summed E-state index contributed by atoms with van der Waals surface area (Å²) in [6.07, 6.45) is 5.30. The van der Waals surface area contributed by atoms with Crippen LogP contribution in [0.15, 0.2) is 44.6 Å². The first-order valence-corrected chi connectivity index (χ1v) is 10.2. The highest BCUT2D eigenvalue weighted by Crippen LogP contribution is 2.40. The van der Waals surface area contributed by atoms with Crippen molar-refractivity contribution in [3.8, 4) is 23.0 Å². The quantitative estimate of drug-likeness (QED) is 0.358. The number of hydrogen-bond acceptors (Lipinski definition) is 6. The first-order chi connectivity index (χ1) is 14.7. The largest absolute Gasteiger partial charge is 0.507 e. The second-order valence-corrected chi connectivity index (χ2v) is 7.90. The highest BCUT2D eigenvalue weighted by Gasteiger charge is 2.23. The first kappa shape index (κ1) is 22.3. The average Bonchev–Trinajstić information content (AvgIpc) is 2.70. The van der Waals surface area contributed by atoms with Gasteiger partial charge in [0.2, 0.25) is 5.43 Å². The fourth-order valence-electron chi connectivity index (χ4n) is 3.57. The van der Waals surface area contributed by atoms with Crippen LogP contribution >= 0.6 is 0 Å². The lowest BCUT2D eigenvalue weighted by Gasteiger charge is -2.14. The van der Waals surface area contributed by atoms with Crippen LogP contribution in [0.2, 0.25) is 0 Å². The van der Waals surface area contributed by atoms with Crippen LogP contribution < -0.4 is 10.2 Å². The van der Waals surface area contributed by atoms with E-state index in [0.717, 1.165) is 17.6 Å². The maximum absolute atomic E-state index is 13.5.